The molecule has 3 aromatic rings. The quantitative estimate of drug-likeness (QED) is 0.787. The molecule has 0 aliphatic rings. The maximum atomic E-state index is 6.23. The fourth-order valence-electron chi connectivity index (χ4n) is 2.08. The zero-order chi connectivity index (χ0) is 14.7. The Morgan fingerprint density at radius 3 is 2.62 bits per heavy atom. The van der Waals surface area contributed by atoms with Crippen LogP contribution in [0.2, 0.25) is 0 Å². The average molecular weight is 281 g/mol. The molecule has 1 unspecified atom stereocenters. The first-order valence-electron chi connectivity index (χ1n) is 6.51. The lowest BCUT2D eigenvalue weighted by Gasteiger charge is -2.11. The summed E-state index contributed by atoms with van der Waals surface area (Å²) in [7, 11) is 1.54. The highest BCUT2D eigenvalue weighted by Crippen LogP contribution is 2.23. The molecule has 21 heavy (non-hydrogen) atoms. The second-order valence-electron chi connectivity index (χ2n) is 4.45. The molecule has 2 N–H and O–H groups in total. The molecule has 3 rings (SSSR count). The van der Waals surface area contributed by atoms with Crippen molar-refractivity contribution in [3.8, 4) is 11.6 Å². The van der Waals surface area contributed by atoms with Crippen molar-refractivity contribution in [2.45, 2.75) is 6.04 Å². The van der Waals surface area contributed by atoms with Gasteiger partial charge in [0.15, 0.2) is 0 Å². The van der Waals surface area contributed by atoms with E-state index in [1.807, 2.05) is 42.6 Å². The van der Waals surface area contributed by atoms with Crippen LogP contribution in [0.3, 0.4) is 0 Å². The number of nitrogens with zero attached hydrogens (tertiary/aromatic N) is 4. The highest BCUT2D eigenvalue weighted by molar-refractivity contribution is 5.33. The molecule has 0 spiro atoms. The van der Waals surface area contributed by atoms with Crippen LogP contribution in [0.15, 0.2) is 55.0 Å². The average Bonchev–Trinajstić information content (AvgIpc) is 3.05. The van der Waals surface area contributed by atoms with E-state index in [9.17, 15) is 0 Å². The zero-order valence-corrected chi connectivity index (χ0v) is 11.5. The number of hydrogen-bond acceptors (Lipinski definition) is 5. The second-order valence-corrected chi connectivity index (χ2v) is 4.45. The predicted molar refractivity (Wildman–Crippen MR) is 78.2 cm³/mol. The summed E-state index contributed by atoms with van der Waals surface area (Å²) in [5.41, 5.74) is 8.47. The Labute approximate surface area is 122 Å². The molecule has 106 valence electrons. The fraction of sp³-hybridized carbons (Fsp3) is 0.133. The smallest absolute Gasteiger partial charge is 0.237 e. The summed E-state index contributed by atoms with van der Waals surface area (Å²) in [5.74, 6) is 0.416. The first kappa shape index (κ1) is 13.3. The number of ether oxygens (including phenoxy) is 1. The van der Waals surface area contributed by atoms with E-state index < -0.39 is 6.04 Å². The van der Waals surface area contributed by atoms with Crippen LogP contribution in [0, 0.1) is 0 Å². The van der Waals surface area contributed by atoms with Gasteiger partial charge in [0.1, 0.15) is 5.69 Å². The first-order valence-corrected chi connectivity index (χ1v) is 6.51. The van der Waals surface area contributed by atoms with Gasteiger partial charge >= 0.3 is 0 Å². The number of methoxy groups -OCH3 is 1. The first-order chi connectivity index (χ1) is 10.3. The van der Waals surface area contributed by atoms with Crippen molar-refractivity contribution < 1.29 is 4.74 Å². The van der Waals surface area contributed by atoms with Crippen molar-refractivity contribution in [3.63, 3.8) is 0 Å². The standard InChI is InChI=1S/C15H15N5O/c1-21-15-14(17-8-9-18-15)13(16)12-7-10-20(19-12)11-5-3-2-4-6-11/h2-10,13H,16H2,1H3. The summed E-state index contributed by atoms with van der Waals surface area (Å²) < 4.78 is 6.97. The van der Waals surface area contributed by atoms with Crippen LogP contribution in [-0.4, -0.2) is 26.9 Å². The van der Waals surface area contributed by atoms with Crippen LogP contribution >= 0.6 is 0 Å². The zero-order valence-electron chi connectivity index (χ0n) is 11.5. The Kier molecular flexibility index (Phi) is 3.61. The van der Waals surface area contributed by atoms with Crippen molar-refractivity contribution in [2.24, 2.45) is 5.73 Å². The maximum Gasteiger partial charge on any atom is 0.237 e. The highest BCUT2D eigenvalue weighted by atomic mass is 16.5. The summed E-state index contributed by atoms with van der Waals surface area (Å²) in [6.45, 7) is 0. The van der Waals surface area contributed by atoms with Crippen LogP contribution in [0.4, 0.5) is 0 Å². The van der Waals surface area contributed by atoms with Crippen molar-refractivity contribution in [2.75, 3.05) is 7.11 Å². The van der Waals surface area contributed by atoms with Gasteiger partial charge < -0.3 is 10.5 Å². The minimum atomic E-state index is -0.487. The van der Waals surface area contributed by atoms with Crippen molar-refractivity contribution in [3.05, 3.63) is 66.4 Å². The number of benzene rings is 1. The van der Waals surface area contributed by atoms with Gasteiger partial charge in [-0.05, 0) is 18.2 Å². The van der Waals surface area contributed by atoms with Crippen LogP contribution in [0.25, 0.3) is 5.69 Å². The highest BCUT2D eigenvalue weighted by Gasteiger charge is 2.19. The molecule has 0 aliphatic carbocycles. The van der Waals surface area contributed by atoms with Gasteiger partial charge in [0, 0.05) is 18.6 Å². The molecule has 2 aromatic heterocycles. The monoisotopic (exact) mass is 281 g/mol. The number of para-hydroxylation sites is 1. The molecule has 2 heterocycles. The fourth-order valence-corrected chi connectivity index (χ4v) is 2.08. The molecule has 0 saturated heterocycles. The Hall–Kier alpha value is -2.73. The van der Waals surface area contributed by atoms with E-state index in [2.05, 4.69) is 15.1 Å². The van der Waals surface area contributed by atoms with Crippen LogP contribution in [0.5, 0.6) is 5.88 Å². The van der Waals surface area contributed by atoms with E-state index in [1.165, 1.54) is 0 Å². The summed E-state index contributed by atoms with van der Waals surface area (Å²) in [5, 5.41) is 4.50. The van der Waals surface area contributed by atoms with E-state index in [4.69, 9.17) is 10.5 Å². The molecule has 1 aromatic carbocycles. The Morgan fingerprint density at radius 2 is 1.86 bits per heavy atom. The molecule has 6 heteroatoms. The number of rotatable bonds is 4. The predicted octanol–water partition coefficient (Wildman–Crippen LogP) is 1.72. The molecule has 0 aliphatic heterocycles. The van der Waals surface area contributed by atoms with Gasteiger partial charge in [-0.15, -0.1) is 0 Å². The number of nitrogens with two attached hydrogens (primary N) is 1. The van der Waals surface area contributed by atoms with Crippen LogP contribution in [-0.2, 0) is 0 Å². The molecule has 0 radical (unpaired) electrons. The van der Waals surface area contributed by atoms with Crippen molar-refractivity contribution in [1.29, 1.82) is 0 Å². The molecule has 0 amide bonds. The molecular formula is C15H15N5O. The largest absolute Gasteiger partial charge is 0.480 e. The lowest BCUT2D eigenvalue weighted by atomic mass is 10.1. The topological polar surface area (TPSA) is 78.9 Å². The molecule has 0 fully saturated rings. The third kappa shape index (κ3) is 2.61. The SMILES string of the molecule is COc1nccnc1C(N)c1ccn(-c2ccccc2)n1. The van der Waals surface area contributed by atoms with E-state index in [0.29, 0.717) is 17.3 Å². The van der Waals surface area contributed by atoms with Gasteiger partial charge in [0.05, 0.1) is 24.5 Å². The van der Waals surface area contributed by atoms with E-state index in [1.54, 1.807) is 24.2 Å². The minimum Gasteiger partial charge on any atom is -0.480 e. The third-order valence-electron chi connectivity index (χ3n) is 3.13. The maximum absolute atomic E-state index is 6.23. The second kappa shape index (κ2) is 5.72. The van der Waals surface area contributed by atoms with Gasteiger partial charge in [-0.25, -0.2) is 9.67 Å². The Morgan fingerprint density at radius 1 is 1.10 bits per heavy atom. The van der Waals surface area contributed by atoms with Gasteiger partial charge in [-0.3, -0.25) is 4.98 Å². The summed E-state index contributed by atoms with van der Waals surface area (Å²) in [6, 6.07) is 11.2. The van der Waals surface area contributed by atoms with Gasteiger partial charge in [-0.1, -0.05) is 18.2 Å². The Balaban J connectivity index is 1.93. The van der Waals surface area contributed by atoms with E-state index >= 15 is 0 Å². The van der Waals surface area contributed by atoms with E-state index in [-0.39, 0.29) is 0 Å². The number of aromatic nitrogens is 4. The third-order valence-corrected chi connectivity index (χ3v) is 3.13. The normalized spacial score (nSPS) is 12.1. The summed E-state index contributed by atoms with van der Waals surface area (Å²) in [4.78, 5) is 8.36. The van der Waals surface area contributed by atoms with E-state index in [0.717, 1.165) is 5.69 Å². The van der Waals surface area contributed by atoms with Gasteiger partial charge in [0.25, 0.3) is 0 Å². The molecular weight excluding hydrogens is 266 g/mol. The van der Waals surface area contributed by atoms with Gasteiger partial charge in [-0.2, -0.15) is 5.10 Å². The van der Waals surface area contributed by atoms with Crippen LogP contribution in [0.1, 0.15) is 17.4 Å². The number of hydrogen-bond donors (Lipinski definition) is 1. The molecule has 6 nitrogen and oxygen atoms in total. The molecule has 1 atom stereocenters. The van der Waals surface area contributed by atoms with Crippen molar-refractivity contribution in [1.82, 2.24) is 19.7 Å². The van der Waals surface area contributed by atoms with Gasteiger partial charge in [0.2, 0.25) is 5.88 Å². The van der Waals surface area contributed by atoms with Crippen molar-refractivity contribution >= 4 is 0 Å². The Bertz CT molecular complexity index is 726. The summed E-state index contributed by atoms with van der Waals surface area (Å²) in [6.07, 6.45) is 5.02. The lowest BCUT2D eigenvalue weighted by Crippen LogP contribution is -2.16. The minimum absolute atomic E-state index is 0.416. The van der Waals surface area contributed by atoms with Crippen LogP contribution < -0.4 is 10.5 Å². The molecule has 0 saturated carbocycles. The molecule has 0 bridgehead atoms. The lowest BCUT2D eigenvalue weighted by molar-refractivity contribution is 0.386. The summed E-state index contributed by atoms with van der Waals surface area (Å²) >= 11 is 0.